The number of ether oxygens (including phenoxy) is 3. The molecule has 1 aliphatic rings. The van der Waals surface area contributed by atoms with Gasteiger partial charge in [0.05, 0.1) is 0 Å². The Bertz CT molecular complexity index is 144. The second-order valence-corrected chi connectivity index (χ2v) is 4.34. The molecule has 1 aliphatic heterocycles. The Morgan fingerprint density at radius 3 is 2.62 bits per heavy atom. The maximum atomic E-state index is 5.63. The Hall–Kier alpha value is -0.120. The fraction of sp³-hybridized carbons (Fsp3) is 1.00. The lowest BCUT2D eigenvalue weighted by molar-refractivity contribution is -0.163. The molecule has 0 aromatic carbocycles. The van der Waals surface area contributed by atoms with E-state index >= 15 is 0 Å². The van der Waals surface area contributed by atoms with Crippen LogP contribution < -0.4 is 0 Å². The topological polar surface area (TPSA) is 27.7 Å². The third-order valence-corrected chi connectivity index (χ3v) is 2.77. The minimum absolute atomic E-state index is 0.0646. The predicted molar refractivity (Wildman–Crippen MR) is 64.5 cm³/mol. The molecule has 96 valence electrons. The van der Waals surface area contributed by atoms with Crippen LogP contribution in [-0.2, 0) is 14.2 Å². The molecule has 0 aromatic heterocycles. The predicted octanol–water partition coefficient (Wildman–Crippen LogP) is 3.13. The Labute approximate surface area is 99.5 Å². The van der Waals surface area contributed by atoms with Gasteiger partial charge >= 0.3 is 0 Å². The second-order valence-electron chi connectivity index (χ2n) is 4.34. The van der Waals surface area contributed by atoms with Crippen LogP contribution in [0.25, 0.3) is 0 Å². The van der Waals surface area contributed by atoms with Gasteiger partial charge in [0.1, 0.15) is 0 Å². The van der Waals surface area contributed by atoms with Crippen LogP contribution >= 0.6 is 0 Å². The van der Waals surface area contributed by atoms with Gasteiger partial charge in [-0.05, 0) is 38.5 Å². The number of hydrogen-bond acceptors (Lipinski definition) is 3. The molecule has 0 aliphatic carbocycles. The summed E-state index contributed by atoms with van der Waals surface area (Å²) in [4.78, 5) is 0. The lowest BCUT2D eigenvalue weighted by Crippen LogP contribution is -2.22. The first-order valence-electron chi connectivity index (χ1n) is 6.74. The average Bonchev–Trinajstić information content (AvgIpc) is 2.34. The van der Waals surface area contributed by atoms with E-state index in [1.54, 1.807) is 0 Å². The smallest absolute Gasteiger partial charge is 0.157 e. The van der Waals surface area contributed by atoms with Crippen molar-refractivity contribution in [2.24, 2.45) is 0 Å². The zero-order valence-corrected chi connectivity index (χ0v) is 10.6. The highest BCUT2D eigenvalue weighted by atomic mass is 16.7. The summed E-state index contributed by atoms with van der Waals surface area (Å²) in [5.41, 5.74) is 0. The monoisotopic (exact) mass is 230 g/mol. The highest BCUT2D eigenvalue weighted by Gasteiger charge is 2.13. The molecule has 0 aromatic rings. The molecule has 3 nitrogen and oxygen atoms in total. The van der Waals surface area contributed by atoms with Crippen LogP contribution in [0.5, 0.6) is 0 Å². The fourth-order valence-electron chi connectivity index (χ4n) is 1.71. The molecule has 0 bridgehead atoms. The lowest BCUT2D eigenvalue weighted by atomic mass is 10.2. The third kappa shape index (κ3) is 7.20. The van der Waals surface area contributed by atoms with E-state index in [4.69, 9.17) is 14.2 Å². The van der Waals surface area contributed by atoms with Crippen LogP contribution in [0, 0.1) is 0 Å². The fourth-order valence-corrected chi connectivity index (χ4v) is 1.71. The SMILES string of the molecule is CCCCOCCCCOC1CCCCO1. The van der Waals surface area contributed by atoms with E-state index in [1.807, 2.05) is 0 Å². The average molecular weight is 230 g/mol. The summed E-state index contributed by atoms with van der Waals surface area (Å²) in [5, 5.41) is 0. The Morgan fingerprint density at radius 1 is 1.06 bits per heavy atom. The van der Waals surface area contributed by atoms with Crippen molar-refractivity contribution in [1.29, 1.82) is 0 Å². The summed E-state index contributed by atoms with van der Waals surface area (Å²) < 4.78 is 16.6. The van der Waals surface area contributed by atoms with Gasteiger partial charge in [0.25, 0.3) is 0 Å². The van der Waals surface area contributed by atoms with Gasteiger partial charge in [-0.3, -0.25) is 0 Å². The van der Waals surface area contributed by atoms with Gasteiger partial charge < -0.3 is 14.2 Å². The van der Waals surface area contributed by atoms with Crippen molar-refractivity contribution in [3.8, 4) is 0 Å². The largest absolute Gasteiger partial charge is 0.381 e. The van der Waals surface area contributed by atoms with Crippen molar-refractivity contribution in [2.45, 2.75) is 58.2 Å². The van der Waals surface area contributed by atoms with E-state index in [-0.39, 0.29) is 6.29 Å². The molecule has 1 fully saturated rings. The van der Waals surface area contributed by atoms with Crippen molar-refractivity contribution in [3.05, 3.63) is 0 Å². The summed E-state index contributed by atoms with van der Waals surface area (Å²) in [6, 6.07) is 0. The quantitative estimate of drug-likeness (QED) is 0.570. The van der Waals surface area contributed by atoms with Gasteiger partial charge in [-0.15, -0.1) is 0 Å². The van der Waals surface area contributed by atoms with Gasteiger partial charge in [-0.25, -0.2) is 0 Å². The molecule has 0 amide bonds. The van der Waals surface area contributed by atoms with Crippen molar-refractivity contribution in [3.63, 3.8) is 0 Å². The summed E-state index contributed by atoms with van der Waals surface area (Å²) in [5.74, 6) is 0. The molecule has 3 heteroatoms. The molecule has 0 N–H and O–H groups in total. The van der Waals surface area contributed by atoms with Crippen LogP contribution in [-0.4, -0.2) is 32.7 Å². The van der Waals surface area contributed by atoms with E-state index < -0.39 is 0 Å². The van der Waals surface area contributed by atoms with Gasteiger partial charge in [0.2, 0.25) is 0 Å². The minimum atomic E-state index is 0.0646. The van der Waals surface area contributed by atoms with E-state index in [0.717, 1.165) is 45.7 Å². The van der Waals surface area contributed by atoms with Crippen LogP contribution in [0.1, 0.15) is 51.9 Å². The molecule has 0 spiro atoms. The van der Waals surface area contributed by atoms with Crippen LogP contribution in [0.2, 0.25) is 0 Å². The first-order chi connectivity index (χ1) is 7.93. The van der Waals surface area contributed by atoms with Crippen molar-refractivity contribution >= 4 is 0 Å². The van der Waals surface area contributed by atoms with Crippen LogP contribution in [0.15, 0.2) is 0 Å². The maximum Gasteiger partial charge on any atom is 0.157 e. The van der Waals surface area contributed by atoms with Crippen molar-refractivity contribution in [1.82, 2.24) is 0 Å². The number of rotatable bonds is 9. The number of unbranched alkanes of at least 4 members (excludes halogenated alkanes) is 2. The molecule has 1 rings (SSSR count). The normalized spacial score (nSPS) is 21.2. The van der Waals surface area contributed by atoms with Crippen molar-refractivity contribution in [2.75, 3.05) is 26.4 Å². The highest BCUT2D eigenvalue weighted by Crippen LogP contribution is 2.13. The highest BCUT2D eigenvalue weighted by molar-refractivity contribution is 4.54. The lowest BCUT2D eigenvalue weighted by Gasteiger charge is -2.22. The molecule has 0 saturated carbocycles. The summed E-state index contributed by atoms with van der Waals surface area (Å²) in [6.07, 6.45) is 8.11. The zero-order chi connectivity index (χ0) is 11.5. The Kier molecular flexibility index (Phi) is 8.77. The Morgan fingerprint density at radius 2 is 1.88 bits per heavy atom. The van der Waals surface area contributed by atoms with Crippen LogP contribution in [0.4, 0.5) is 0 Å². The van der Waals surface area contributed by atoms with E-state index in [9.17, 15) is 0 Å². The first-order valence-corrected chi connectivity index (χ1v) is 6.74. The van der Waals surface area contributed by atoms with E-state index in [1.165, 1.54) is 25.7 Å². The number of hydrogen-bond donors (Lipinski definition) is 0. The van der Waals surface area contributed by atoms with Crippen molar-refractivity contribution < 1.29 is 14.2 Å². The summed E-state index contributed by atoms with van der Waals surface area (Å²) in [6.45, 7) is 5.63. The molecule has 1 atom stereocenters. The third-order valence-electron chi connectivity index (χ3n) is 2.77. The maximum absolute atomic E-state index is 5.63. The Balaban J connectivity index is 1.77. The summed E-state index contributed by atoms with van der Waals surface area (Å²) >= 11 is 0. The molecule has 0 radical (unpaired) electrons. The molecular formula is C13H26O3. The van der Waals surface area contributed by atoms with Gasteiger partial charge in [0, 0.05) is 26.4 Å². The molecule has 1 heterocycles. The zero-order valence-electron chi connectivity index (χ0n) is 10.6. The van der Waals surface area contributed by atoms with E-state index in [0.29, 0.717) is 0 Å². The molecule has 16 heavy (non-hydrogen) atoms. The first kappa shape index (κ1) is 13.9. The molecular weight excluding hydrogens is 204 g/mol. The molecule has 1 unspecified atom stereocenters. The standard InChI is InChI=1S/C13H26O3/c1-2-3-9-14-10-6-7-12-16-13-8-4-5-11-15-13/h13H,2-12H2,1H3. The van der Waals surface area contributed by atoms with Crippen LogP contribution in [0.3, 0.4) is 0 Å². The molecule has 1 saturated heterocycles. The van der Waals surface area contributed by atoms with E-state index in [2.05, 4.69) is 6.92 Å². The van der Waals surface area contributed by atoms with Gasteiger partial charge in [0.15, 0.2) is 6.29 Å². The van der Waals surface area contributed by atoms with Gasteiger partial charge in [-0.1, -0.05) is 13.3 Å². The summed E-state index contributed by atoms with van der Waals surface area (Å²) in [7, 11) is 0. The second kappa shape index (κ2) is 10.1. The van der Waals surface area contributed by atoms with Gasteiger partial charge in [-0.2, -0.15) is 0 Å². The minimum Gasteiger partial charge on any atom is -0.381 e.